The highest BCUT2D eigenvalue weighted by molar-refractivity contribution is 9.09. The van der Waals surface area contributed by atoms with E-state index in [9.17, 15) is 4.79 Å². The van der Waals surface area contributed by atoms with E-state index in [1.807, 2.05) is 0 Å². The maximum absolute atomic E-state index is 11.5. The van der Waals surface area contributed by atoms with Crippen molar-refractivity contribution in [2.75, 3.05) is 43.0 Å². The fraction of sp³-hybridized carbons (Fsp3) is 0.636. The van der Waals surface area contributed by atoms with Gasteiger partial charge in [-0.05, 0) is 13.0 Å². The fourth-order valence-corrected chi connectivity index (χ4v) is 2.84. The Morgan fingerprint density at radius 2 is 2.22 bits per heavy atom. The molecule has 0 radical (unpaired) electrons. The Morgan fingerprint density at radius 3 is 3.00 bits per heavy atom. The molecule has 0 bridgehead atoms. The zero-order valence-electron chi connectivity index (χ0n) is 10.0. The molecule has 100 valence electrons. The number of aromatic amines is 1. The van der Waals surface area contributed by atoms with Crippen molar-refractivity contribution >= 4 is 33.3 Å². The third-order valence-corrected chi connectivity index (χ3v) is 3.76. The number of rotatable bonds is 3. The minimum absolute atomic E-state index is 0.187. The van der Waals surface area contributed by atoms with Crippen molar-refractivity contribution in [3.63, 3.8) is 0 Å². The second-order valence-corrected chi connectivity index (χ2v) is 5.41. The molecule has 1 saturated heterocycles. The van der Waals surface area contributed by atoms with E-state index in [-0.39, 0.29) is 10.6 Å². The summed E-state index contributed by atoms with van der Waals surface area (Å²) < 4.78 is 0. The van der Waals surface area contributed by atoms with Crippen LogP contribution in [0.1, 0.15) is 6.42 Å². The molecule has 1 aromatic rings. The second kappa shape index (κ2) is 6.54. The van der Waals surface area contributed by atoms with Crippen LogP contribution in [0.15, 0.2) is 11.1 Å². The van der Waals surface area contributed by atoms with Crippen molar-refractivity contribution in [3.05, 3.63) is 21.7 Å². The summed E-state index contributed by atoms with van der Waals surface area (Å²) in [6.45, 7) is 4.82. The molecule has 1 fully saturated rings. The van der Waals surface area contributed by atoms with Crippen LogP contribution in [-0.2, 0) is 0 Å². The van der Waals surface area contributed by atoms with Crippen LogP contribution >= 0.6 is 27.5 Å². The number of H-pyrrole nitrogens is 1. The van der Waals surface area contributed by atoms with Gasteiger partial charge in [-0.3, -0.25) is 4.79 Å². The van der Waals surface area contributed by atoms with Gasteiger partial charge in [0.15, 0.2) is 5.82 Å². The summed E-state index contributed by atoms with van der Waals surface area (Å²) >= 11 is 9.47. The van der Waals surface area contributed by atoms with Crippen molar-refractivity contribution in [2.24, 2.45) is 0 Å². The molecule has 18 heavy (non-hydrogen) atoms. The molecule has 0 aromatic carbocycles. The predicted octanol–water partition coefficient (Wildman–Crippen LogP) is 1.33. The van der Waals surface area contributed by atoms with Gasteiger partial charge in [0.2, 0.25) is 0 Å². The predicted molar refractivity (Wildman–Crippen MR) is 76.9 cm³/mol. The van der Waals surface area contributed by atoms with Gasteiger partial charge in [0.25, 0.3) is 5.56 Å². The van der Waals surface area contributed by atoms with E-state index < -0.39 is 0 Å². The van der Waals surface area contributed by atoms with Crippen LogP contribution in [-0.4, -0.2) is 52.9 Å². The van der Waals surface area contributed by atoms with Crippen molar-refractivity contribution < 1.29 is 0 Å². The first-order valence-electron chi connectivity index (χ1n) is 5.99. The van der Waals surface area contributed by atoms with Crippen LogP contribution in [0.25, 0.3) is 0 Å². The van der Waals surface area contributed by atoms with E-state index >= 15 is 0 Å². The minimum atomic E-state index is -0.275. The molecule has 1 aromatic heterocycles. The quantitative estimate of drug-likeness (QED) is 0.847. The van der Waals surface area contributed by atoms with E-state index in [0.29, 0.717) is 5.82 Å². The molecule has 0 saturated carbocycles. The molecule has 0 spiro atoms. The minimum Gasteiger partial charge on any atom is -0.354 e. The largest absolute Gasteiger partial charge is 0.354 e. The Balaban J connectivity index is 2.10. The van der Waals surface area contributed by atoms with E-state index in [1.54, 1.807) is 0 Å². The first-order valence-corrected chi connectivity index (χ1v) is 7.49. The third kappa shape index (κ3) is 3.24. The third-order valence-electron chi connectivity index (χ3n) is 3.07. The van der Waals surface area contributed by atoms with Crippen LogP contribution in [0.4, 0.5) is 5.82 Å². The summed E-state index contributed by atoms with van der Waals surface area (Å²) in [6, 6.07) is 0. The van der Waals surface area contributed by atoms with E-state index in [0.717, 1.165) is 44.5 Å². The molecule has 0 aliphatic carbocycles. The van der Waals surface area contributed by atoms with Gasteiger partial charge >= 0.3 is 0 Å². The summed E-state index contributed by atoms with van der Waals surface area (Å²) in [6.07, 6.45) is 2.46. The van der Waals surface area contributed by atoms with Gasteiger partial charge in [0, 0.05) is 31.5 Å². The molecule has 1 N–H and O–H groups in total. The lowest BCUT2D eigenvalue weighted by molar-refractivity contribution is 0.313. The molecular formula is C11H16BrClN4O. The zero-order chi connectivity index (χ0) is 13.0. The van der Waals surface area contributed by atoms with Gasteiger partial charge in [-0.15, -0.1) is 0 Å². The molecule has 1 aliphatic heterocycles. The number of anilines is 1. The average Bonchev–Trinajstić information content (AvgIpc) is 2.59. The van der Waals surface area contributed by atoms with Gasteiger partial charge in [-0.1, -0.05) is 27.5 Å². The van der Waals surface area contributed by atoms with E-state index in [4.69, 9.17) is 11.6 Å². The maximum Gasteiger partial charge on any atom is 0.271 e. The van der Waals surface area contributed by atoms with Crippen LogP contribution in [0, 0.1) is 0 Å². The van der Waals surface area contributed by atoms with Crippen molar-refractivity contribution in [1.82, 2.24) is 14.9 Å². The Hall–Kier alpha value is -0.590. The lowest BCUT2D eigenvalue weighted by Crippen LogP contribution is -2.33. The molecule has 5 nitrogen and oxygen atoms in total. The van der Waals surface area contributed by atoms with Gasteiger partial charge < -0.3 is 14.8 Å². The molecule has 7 heteroatoms. The highest BCUT2D eigenvalue weighted by atomic mass is 79.9. The molecule has 2 rings (SSSR count). The van der Waals surface area contributed by atoms with Gasteiger partial charge in [0.05, 0.1) is 6.33 Å². The van der Waals surface area contributed by atoms with Crippen LogP contribution in [0.5, 0.6) is 0 Å². The maximum atomic E-state index is 11.5. The molecule has 0 unspecified atom stereocenters. The summed E-state index contributed by atoms with van der Waals surface area (Å²) in [5, 5.41) is 1.17. The van der Waals surface area contributed by atoms with Crippen LogP contribution in [0.3, 0.4) is 0 Å². The highest BCUT2D eigenvalue weighted by Crippen LogP contribution is 2.19. The van der Waals surface area contributed by atoms with E-state index in [1.165, 1.54) is 6.33 Å². The molecule has 2 heterocycles. The number of alkyl halides is 1. The van der Waals surface area contributed by atoms with Crippen LogP contribution < -0.4 is 10.5 Å². The Bertz CT molecular complexity index is 453. The van der Waals surface area contributed by atoms with E-state index in [2.05, 4.69) is 35.7 Å². The molecule has 0 amide bonds. The van der Waals surface area contributed by atoms with Gasteiger partial charge in [-0.25, -0.2) is 4.98 Å². The number of nitrogens with one attached hydrogen (secondary N) is 1. The Labute approximate surface area is 119 Å². The molecule has 0 atom stereocenters. The Morgan fingerprint density at radius 1 is 1.39 bits per heavy atom. The number of nitrogens with zero attached hydrogens (tertiary/aromatic N) is 3. The summed E-state index contributed by atoms with van der Waals surface area (Å²) in [4.78, 5) is 22.6. The first-order chi connectivity index (χ1) is 8.72. The van der Waals surface area contributed by atoms with Crippen LogP contribution in [0.2, 0.25) is 5.02 Å². The smallest absolute Gasteiger partial charge is 0.271 e. The van der Waals surface area contributed by atoms with Crippen molar-refractivity contribution in [1.29, 1.82) is 0 Å². The van der Waals surface area contributed by atoms with Crippen molar-refractivity contribution in [3.8, 4) is 0 Å². The standard InChI is InChI=1S/C11H16BrClN4O/c12-2-5-16-3-1-4-17(7-6-16)10-9(13)11(18)15-8-14-10/h8H,1-7H2,(H,14,15,18). The molecular weight excluding hydrogens is 320 g/mol. The number of aromatic nitrogens is 2. The monoisotopic (exact) mass is 334 g/mol. The van der Waals surface area contributed by atoms with Crippen molar-refractivity contribution in [2.45, 2.75) is 6.42 Å². The Kier molecular flexibility index (Phi) is 5.03. The lowest BCUT2D eigenvalue weighted by atomic mass is 10.4. The fourth-order valence-electron chi connectivity index (χ4n) is 2.12. The SMILES string of the molecule is O=c1[nH]cnc(N2CCCN(CCBr)CC2)c1Cl. The first kappa shape index (κ1) is 13.8. The van der Waals surface area contributed by atoms with Gasteiger partial charge in [-0.2, -0.15) is 0 Å². The zero-order valence-corrected chi connectivity index (χ0v) is 12.4. The summed E-state index contributed by atoms with van der Waals surface area (Å²) in [7, 11) is 0. The topological polar surface area (TPSA) is 52.2 Å². The summed E-state index contributed by atoms with van der Waals surface area (Å²) in [5.74, 6) is 0.598. The number of halogens is 2. The normalized spacial score (nSPS) is 17.8. The molecule has 1 aliphatic rings. The number of hydrogen-bond acceptors (Lipinski definition) is 4. The average molecular weight is 336 g/mol. The lowest BCUT2D eigenvalue weighted by Gasteiger charge is -2.22. The second-order valence-electron chi connectivity index (χ2n) is 4.24. The highest BCUT2D eigenvalue weighted by Gasteiger charge is 2.18. The van der Waals surface area contributed by atoms with Gasteiger partial charge in [0.1, 0.15) is 5.02 Å². The summed E-state index contributed by atoms with van der Waals surface area (Å²) in [5.41, 5.74) is -0.275. The number of hydrogen-bond donors (Lipinski definition) is 1.